The highest BCUT2D eigenvalue weighted by atomic mass is 16.1. The van der Waals surface area contributed by atoms with Crippen molar-refractivity contribution in [2.75, 3.05) is 79.5 Å². The van der Waals surface area contributed by atoms with E-state index >= 15 is 0 Å². The predicted octanol–water partition coefficient (Wildman–Crippen LogP) is -1.78. The molecule has 0 aromatic heterocycles. The second-order valence-electron chi connectivity index (χ2n) is 6.80. The van der Waals surface area contributed by atoms with Gasteiger partial charge in [0.15, 0.2) is 0 Å². The number of hydrogen-bond donors (Lipinski definition) is 2. The summed E-state index contributed by atoms with van der Waals surface area (Å²) in [6, 6.07) is 0. The normalized spacial score (nSPS) is 22.1. The maximum Gasteiger partial charge on any atom is 0.231 e. The molecular formula is C16H34N6O2. The van der Waals surface area contributed by atoms with Gasteiger partial charge in [-0.1, -0.05) is 0 Å². The van der Waals surface area contributed by atoms with Crippen LogP contribution in [0.2, 0.25) is 0 Å². The molecule has 1 aliphatic rings. The Balaban J connectivity index is 2.58. The van der Waals surface area contributed by atoms with Crippen molar-refractivity contribution in [3.05, 3.63) is 0 Å². The van der Waals surface area contributed by atoms with Gasteiger partial charge in [-0.25, -0.2) is 0 Å². The molecule has 0 aromatic rings. The third-order valence-electron chi connectivity index (χ3n) is 4.38. The lowest BCUT2D eigenvalue weighted by atomic mass is 10.3. The molecule has 0 spiro atoms. The van der Waals surface area contributed by atoms with E-state index in [0.29, 0.717) is 13.1 Å². The summed E-state index contributed by atoms with van der Waals surface area (Å²) in [7, 11) is 4.17. The quantitative estimate of drug-likeness (QED) is 0.627. The highest BCUT2D eigenvalue weighted by molar-refractivity contribution is 5.76. The van der Waals surface area contributed by atoms with Crippen LogP contribution in [0.4, 0.5) is 0 Å². The van der Waals surface area contributed by atoms with E-state index in [-0.39, 0.29) is 11.8 Å². The predicted molar refractivity (Wildman–Crippen MR) is 95.5 cm³/mol. The van der Waals surface area contributed by atoms with Gasteiger partial charge in [0.2, 0.25) is 11.8 Å². The van der Waals surface area contributed by atoms with Crippen LogP contribution >= 0.6 is 0 Å². The number of carbonyl (C=O) groups is 2. The molecule has 1 saturated heterocycles. The molecule has 140 valence electrons. The molecule has 8 nitrogen and oxygen atoms in total. The van der Waals surface area contributed by atoms with Gasteiger partial charge in [0.25, 0.3) is 0 Å². The van der Waals surface area contributed by atoms with E-state index in [4.69, 9.17) is 11.5 Å². The maximum absolute atomic E-state index is 11.2. The van der Waals surface area contributed by atoms with Crippen molar-refractivity contribution in [1.29, 1.82) is 0 Å². The fourth-order valence-electron chi connectivity index (χ4n) is 2.96. The van der Waals surface area contributed by atoms with Crippen molar-refractivity contribution in [3.63, 3.8) is 0 Å². The molecular weight excluding hydrogens is 308 g/mol. The van der Waals surface area contributed by atoms with Crippen LogP contribution in [0.15, 0.2) is 0 Å². The number of likely N-dealkylation sites (N-methyl/N-ethyl adjacent to an activating group) is 2. The summed E-state index contributed by atoms with van der Waals surface area (Å²) in [6.07, 6.45) is 1.98. The second kappa shape index (κ2) is 11.4. The van der Waals surface area contributed by atoms with Gasteiger partial charge < -0.3 is 21.3 Å². The lowest BCUT2D eigenvalue weighted by Crippen LogP contribution is -2.43. The van der Waals surface area contributed by atoms with Gasteiger partial charge in [-0.2, -0.15) is 0 Å². The average Bonchev–Trinajstić information content (AvgIpc) is 2.48. The minimum Gasteiger partial charge on any atom is -0.369 e. The highest BCUT2D eigenvalue weighted by Crippen LogP contribution is 2.00. The topological polar surface area (TPSA) is 99.1 Å². The van der Waals surface area contributed by atoms with Crippen molar-refractivity contribution in [2.24, 2.45) is 11.5 Å². The SMILES string of the molecule is CN1CCCN(CC(N)=O)CCN(C)CCCN(CC(N)=O)CC1. The standard InChI is InChI=1S/C16H34N6O2/c1-19-5-3-7-22(14-16(18)24)12-10-20(2)6-4-8-21(11-9-19)13-15(17)23/h3-14H2,1-2H3,(H2,17,23)(H2,18,24). The first-order chi connectivity index (χ1) is 11.4. The summed E-state index contributed by atoms with van der Waals surface area (Å²) in [5.74, 6) is -0.538. The first kappa shape index (κ1) is 20.8. The molecule has 2 amide bonds. The third kappa shape index (κ3) is 9.82. The van der Waals surface area contributed by atoms with Gasteiger partial charge in [0.1, 0.15) is 0 Å². The van der Waals surface area contributed by atoms with Crippen LogP contribution < -0.4 is 11.5 Å². The number of primary amides is 2. The van der Waals surface area contributed by atoms with Gasteiger partial charge >= 0.3 is 0 Å². The Labute approximate surface area is 145 Å². The summed E-state index contributed by atoms with van der Waals surface area (Å²) < 4.78 is 0. The van der Waals surface area contributed by atoms with Crippen LogP contribution in [0.3, 0.4) is 0 Å². The fourth-order valence-corrected chi connectivity index (χ4v) is 2.96. The van der Waals surface area contributed by atoms with Crippen LogP contribution in [0.25, 0.3) is 0 Å². The van der Waals surface area contributed by atoms with E-state index in [1.165, 1.54) is 0 Å². The van der Waals surface area contributed by atoms with Gasteiger partial charge in [-0.15, -0.1) is 0 Å². The molecule has 0 aromatic carbocycles. The monoisotopic (exact) mass is 342 g/mol. The summed E-state index contributed by atoms with van der Waals surface area (Å²) in [5.41, 5.74) is 10.7. The summed E-state index contributed by atoms with van der Waals surface area (Å²) >= 11 is 0. The molecule has 8 heteroatoms. The van der Waals surface area contributed by atoms with Crippen LogP contribution in [0, 0.1) is 0 Å². The Hall–Kier alpha value is -1.22. The molecule has 1 heterocycles. The minimum atomic E-state index is -0.269. The number of rotatable bonds is 4. The van der Waals surface area contributed by atoms with E-state index in [1.54, 1.807) is 0 Å². The van der Waals surface area contributed by atoms with E-state index < -0.39 is 0 Å². The lowest BCUT2D eigenvalue weighted by molar-refractivity contribution is -0.120. The zero-order valence-corrected chi connectivity index (χ0v) is 15.2. The molecule has 4 N–H and O–H groups in total. The lowest BCUT2D eigenvalue weighted by Gasteiger charge is -2.29. The van der Waals surface area contributed by atoms with Crippen molar-refractivity contribution in [3.8, 4) is 0 Å². The van der Waals surface area contributed by atoms with Crippen molar-refractivity contribution < 1.29 is 9.59 Å². The molecule has 0 saturated carbocycles. The Morgan fingerprint density at radius 1 is 0.667 bits per heavy atom. The molecule has 0 aliphatic carbocycles. The average molecular weight is 342 g/mol. The largest absolute Gasteiger partial charge is 0.369 e. The van der Waals surface area contributed by atoms with Crippen molar-refractivity contribution in [2.45, 2.75) is 12.8 Å². The second-order valence-corrected chi connectivity index (χ2v) is 6.80. The number of nitrogens with two attached hydrogens (primary N) is 2. The Morgan fingerprint density at radius 3 is 1.38 bits per heavy atom. The number of nitrogens with zero attached hydrogens (tertiary/aromatic N) is 4. The zero-order valence-electron chi connectivity index (χ0n) is 15.2. The van der Waals surface area contributed by atoms with Crippen LogP contribution in [0.1, 0.15) is 12.8 Å². The van der Waals surface area contributed by atoms with Gasteiger partial charge in [0, 0.05) is 26.2 Å². The summed E-state index contributed by atoms with van der Waals surface area (Å²) in [6.45, 7) is 7.78. The van der Waals surface area contributed by atoms with E-state index in [0.717, 1.165) is 65.2 Å². The van der Waals surface area contributed by atoms with E-state index in [2.05, 4.69) is 33.7 Å². The molecule has 1 fully saturated rings. The van der Waals surface area contributed by atoms with Gasteiger partial charge in [0.05, 0.1) is 13.1 Å². The van der Waals surface area contributed by atoms with E-state index in [1.807, 2.05) is 0 Å². The van der Waals surface area contributed by atoms with Crippen LogP contribution in [-0.2, 0) is 9.59 Å². The molecule has 1 rings (SSSR count). The molecule has 0 atom stereocenters. The van der Waals surface area contributed by atoms with E-state index in [9.17, 15) is 9.59 Å². The molecule has 24 heavy (non-hydrogen) atoms. The van der Waals surface area contributed by atoms with Gasteiger partial charge in [-0.3, -0.25) is 19.4 Å². The summed E-state index contributed by atoms with van der Waals surface area (Å²) in [4.78, 5) is 31.2. The Morgan fingerprint density at radius 2 is 1.04 bits per heavy atom. The Bertz CT molecular complexity index is 357. The summed E-state index contributed by atoms with van der Waals surface area (Å²) in [5, 5.41) is 0. The smallest absolute Gasteiger partial charge is 0.231 e. The third-order valence-corrected chi connectivity index (χ3v) is 4.38. The first-order valence-corrected chi connectivity index (χ1v) is 8.75. The highest BCUT2D eigenvalue weighted by Gasteiger charge is 2.13. The van der Waals surface area contributed by atoms with Gasteiger partial charge in [-0.05, 0) is 53.1 Å². The first-order valence-electron chi connectivity index (χ1n) is 8.75. The van der Waals surface area contributed by atoms with Crippen molar-refractivity contribution in [1.82, 2.24) is 19.6 Å². The molecule has 0 unspecified atom stereocenters. The number of carbonyl (C=O) groups excluding carboxylic acids is 2. The molecule has 0 bridgehead atoms. The minimum absolute atomic E-state index is 0.269. The Kier molecular flexibility index (Phi) is 9.85. The van der Waals surface area contributed by atoms with Crippen LogP contribution in [0.5, 0.6) is 0 Å². The fraction of sp³-hybridized carbons (Fsp3) is 0.875. The number of hydrogen-bond acceptors (Lipinski definition) is 6. The number of amides is 2. The molecule has 1 aliphatic heterocycles. The van der Waals surface area contributed by atoms with Crippen LogP contribution in [-0.4, -0.2) is 111 Å². The van der Waals surface area contributed by atoms with Crippen molar-refractivity contribution >= 4 is 11.8 Å². The zero-order chi connectivity index (χ0) is 17.9. The maximum atomic E-state index is 11.2. The molecule has 0 radical (unpaired) electrons.